The Morgan fingerprint density at radius 3 is 2.29 bits per heavy atom. The molecule has 1 unspecified atom stereocenters. The highest BCUT2D eigenvalue weighted by Gasteiger charge is 2.47. The van der Waals surface area contributed by atoms with Crippen LogP contribution in [0, 0.1) is 5.92 Å². The maximum atomic E-state index is 12.2. The average molecular weight is 359 g/mol. The van der Waals surface area contributed by atoms with E-state index in [-0.39, 0.29) is 29.5 Å². The van der Waals surface area contributed by atoms with E-state index in [2.05, 4.69) is 0 Å². The van der Waals surface area contributed by atoms with Gasteiger partial charge in [0.05, 0.1) is 11.9 Å². The lowest BCUT2D eigenvalue weighted by Gasteiger charge is -2.48. The predicted octanol–water partition coefficient (Wildman–Crippen LogP) is 1.61. The number of hydrogen-bond acceptors (Lipinski definition) is 4. The van der Waals surface area contributed by atoms with E-state index in [0.717, 1.165) is 38.5 Å². The van der Waals surface area contributed by atoms with Gasteiger partial charge in [-0.1, -0.05) is 13.8 Å². The van der Waals surface area contributed by atoms with Gasteiger partial charge in [-0.25, -0.2) is 8.42 Å². The van der Waals surface area contributed by atoms with Crippen LogP contribution in [0.4, 0.5) is 0 Å². The van der Waals surface area contributed by atoms with Crippen molar-refractivity contribution in [1.82, 2.24) is 9.21 Å². The molecule has 3 rings (SSSR count). The van der Waals surface area contributed by atoms with Gasteiger partial charge >= 0.3 is 0 Å². The minimum atomic E-state index is -3.18. The molecule has 0 N–H and O–H groups in total. The fourth-order valence-electron chi connectivity index (χ4n) is 4.24. The molecule has 138 valence electrons. The summed E-state index contributed by atoms with van der Waals surface area (Å²) in [6.45, 7) is 5.90. The van der Waals surface area contributed by atoms with Crippen molar-refractivity contribution in [1.29, 1.82) is 0 Å². The first-order valence-corrected chi connectivity index (χ1v) is 11.0. The summed E-state index contributed by atoms with van der Waals surface area (Å²) in [6, 6.07) is 0.247. The van der Waals surface area contributed by atoms with Gasteiger partial charge in [0.15, 0.2) is 0 Å². The van der Waals surface area contributed by atoms with E-state index in [0.29, 0.717) is 19.7 Å². The molecule has 1 atom stereocenters. The van der Waals surface area contributed by atoms with Crippen molar-refractivity contribution in [3.05, 3.63) is 0 Å². The second kappa shape index (κ2) is 6.57. The Morgan fingerprint density at radius 1 is 1.17 bits per heavy atom. The maximum Gasteiger partial charge on any atom is 0.225 e. The molecule has 1 spiro atoms. The van der Waals surface area contributed by atoms with Crippen molar-refractivity contribution >= 4 is 15.9 Å². The molecule has 0 radical (unpaired) electrons. The Balaban J connectivity index is 1.67. The number of sulfonamides is 1. The Kier molecular flexibility index (Phi) is 4.97. The lowest BCUT2D eigenvalue weighted by molar-refractivity contribution is -0.149. The van der Waals surface area contributed by atoms with E-state index < -0.39 is 10.0 Å². The smallest absolute Gasteiger partial charge is 0.225 e. The molecule has 1 aliphatic carbocycles. The number of hydrogen-bond donors (Lipinski definition) is 0. The molecule has 6 nitrogen and oxygen atoms in total. The van der Waals surface area contributed by atoms with Gasteiger partial charge in [0.2, 0.25) is 15.9 Å². The van der Waals surface area contributed by atoms with E-state index in [1.165, 1.54) is 6.26 Å². The van der Waals surface area contributed by atoms with Crippen LogP contribution in [0.25, 0.3) is 0 Å². The fraction of sp³-hybridized carbons (Fsp3) is 0.941. The molecule has 0 aromatic rings. The molecule has 0 aromatic heterocycles. The molecule has 24 heavy (non-hydrogen) atoms. The summed E-state index contributed by atoms with van der Waals surface area (Å²) < 4.78 is 32.3. The number of rotatable bonds is 4. The van der Waals surface area contributed by atoms with Crippen LogP contribution in [-0.2, 0) is 19.6 Å². The molecular weight excluding hydrogens is 328 g/mol. The van der Waals surface area contributed by atoms with Gasteiger partial charge in [-0.15, -0.1) is 0 Å². The van der Waals surface area contributed by atoms with Gasteiger partial charge in [0, 0.05) is 37.7 Å². The van der Waals surface area contributed by atoms with E-state index in [1.54, 1.807) is 4.31 Å². The van der Waals surface area contributed by atoms with Gasteiger partial charge in [-0.05, 0) is 38.5 Å². The quantitative estimate of drug-likeness (QED) is 0.766. The van der Waals surface area contributed by atoms with Crippen LogP contribution in [0.1, 0.15) is 52.4 Å². The Bertz CT molecular complexity index is 577. The van der Waals surface area contributed by atoms with Crippen LogP contribution < -0.4 is 0 Å². The number of likely N-dealkylation sites (tertiary alicyclic amines) is 1. The SMILES string of the molecule is CC(C)C(=O)N1CCC2(CC1)CC(N(C1CC1)S(C)(=O)=O)CCO2. The summed E-state index contributed by atoms with van der Waals surface area (Å²) in [5.41, 5.74) is -0.255. The minimum absolute atomic E-state index is 0.0228. The third kappa shape index (κ3) is 3.78. The van der Waals surface area contributed by atoms with Gasteiger partial charge < -0.3 is 9.64 Å². The lowest BCUT2D eigenvalue weighted by Crippen LogP contribution is -2.56. The van der Waals surface area contributed by atoms with Crippen molar-refractivity contribution in [3.8, 4) is 0 Å². The highest BCUT2D eigenvalue weighted by Crippen LogP contribution is 2.41. The first-order chi connectivity index (χ1) is 11.2. The minimum Gasteiger partial charge on any atom is -0.375 e. The summed E-state index contributed by atoms with van der Waals surface area (Å²) in [5, 5.41) is 0. The van der Waals surface area contributed by atoms with Crippen molar-refractivity contribution in [2.75, 3.05) is 26.0 Å². The van der Waals surface area contributed by atoms with Crippen LogP contribution in [0.5, 0.6) is 0 Å². The molecule has 7 heteroatoms. The summed E-state index contributed by atoms with van der Waals surface area (Å²) in [6.07, 6.45) is 6.45. The third-order valence-electron chi connectivity index (χ3n) is 5.60. The predicted molar refractivity (Wildman–Crippen MR) is 92.1 cm³/mol. The molecule has 2 saturated heterocycles. The van der Waals surface area contributed by atoms with Crippen LogP contribution in [-0.4, -0.2) is 67.2 Å². The first-order valence-electron chi connectivity index (χ1n) is 9.13. The summed E-state index contributed by atoms with van der Waals surface area (Å²) >= 11 is 0. The molecular formula is C17H30N2O4S. The van der Waals surface area contributed by atoms with Crippen LogP contribution in [0.2, 0.25) is 0 Å². The Hall–Kier alpha value is -0.660. The van der Waals surface area contributed by atoms with Crippen molar-refractivity contribution < 1.29 is 17.9 Å². The van der Waals surface area contributed by atoms with Crippen LogP contribution >= 0.6 is 0 Å². The van der Waals surface area contributed by atoms with Gasteiger partial charge in [-0.3, -0.25) is 4.79 Å². The second-order valence-corrected chi connectivity index (χ2v) is 9.87. The summed E-state index contributed by atoms with van der Waals surface area (Å²) in [4.78, 5) is 14.1. The van der Waals surface area contributed by atoms with E-state index in [9.17, 15) is 13.2 Å². The monoisotopic (exact) mass is 358 g/mol. The molecule has 1 saturated carbocycles. The lowest BCUT2D eigenvalue weighted by atomic mass is 9.82. The van der Waals surface area contributed by atoms with Gasteiger partial charge in [0.25, 0.3) is 0 Å². The summed E-state index contributed by atoms with van der Waals surface area (Å²) in [7, 11) is -3.18. The zero-order valence-electron chi connectivity index (χ0n) is 15.0. The number of piperidine rings is 1. The molecule has 1 amide bonds. The van der Waals surface area contributed by atoms with E-state index in [1.807, 2.05) is 18.7 Å². The van der Waals surface area contributed by atoms with Crippen molar-refractivity contribution in [3.63, 3.8) is 0 Å². The van der Waals surface area contributed by atoms with Crippen LogP contribution in [0.15, 0.2) is 0 Å². The third-order valence-corrected chi connectivity index (χ3v) is 6.96. The molecule has 0 aromatic carbocycles. The second-order valence-electron chi connectivity index (χ2n) is 7.98. The largest absolute Gasteiger partial charge is 0.375 e. The average Bonchev–Trinajstić information content (AvgIpc) is 3.31. The number of amides is 1. The number of nitrogens with zero attached hydrogens (tertiary/aromatic N) is 2. The highest BCUT2D eigenvalue weighted by molar-refractivity contribution is 7.88. The normalized spacial score (nSPS) is 27.9. The molecule has 2 heterocycles. The number of carbonyl (C=O) groups is 1. The Labute approximate surface area is 145 Å². The standard InChI is InChI=1S/C17H30N2O4S/c1-13(2)16(20)18-9-7-17(8-10-18)12-15(6-11-23-17)19(14-4-5-14)24(3,21)22/h13-15H,4-12H2,1-3H3. The van der Waals surface area contributed by atoms with Gasteiger partial charge in [-0.2, -0.15) is 4.31 Å². The zero-order chi connectivity index (χ0) is 17.5. The maximum absolute atomic E-state index is 12.2. The highest BCUT2D eigenvalue weighted by atomic mass is 32.2. The topological polar surface area (TPSA) is 66.9 Å². The van der Waals surface area contributed by atoms with Gasteiger partial charge in [0.1, 0.15) is 0 Å². The van der Waals surface area contributed by atoms with Crippen molar-refractivity contribution in [2.45, 2.75) is 70.1 Å². The fourth-order valence-corrected chi connectivity index (χ4v) is 5.71. The van der Waals surface area contributed by atoms with Crippen molar-refractivity contribution in [2.24, 2.45) is 5.92 Å². The number of carbonyl (C=O) groups excluding carboxylic acids is 1. The molecule has 3 fully saturated rings. The van der Waals surface area contributed by atoms with E-state index >= 15 is 0 Å². The zero-order valence-corrected chi connectivity index (χ0v) is 15.8. The number of ether oxygens (including phenoxy) is 1. The molecule has 0 bridgehead atoms. The molecule has 2 aliphatic heterocycles. The summed E-state index contributed by atoms with van der Waals surface area (Å²) in [5.74, 6) is 0.225. The molecule has 3 aliphatic rings. The van der Waals surface area contributed by atoms with Crippen LogP contribution in [0.3, 0.4) is 0 Å². The first kappa shape index (κ1) is 18.1. The van der Waals surface area contributed by atoms with E-state index in [4.69, 9.17) is 4.74 Å². The Morgan fingerprint density at radius 2 is 1.79 bits per heavy atom.